The minimum Gasteiger partial charge on any atom is -0.870 e. The topological polar surface area (TPSA) is 50.2 Å². The fourth-order valence-corrected chi connectivity index (χ4v) is 2.64. The Morgan fingerprint density at radius 3 is 2.17 bits per heavy atom. The number of hydrogen-bond donors (Lipinski definition) is 1. The molecule has 3 heteroatoms. The van der Waals surface area contributed by atoms with Gasteiger partial charge < -0.3 is 15.1 Å². The molecule has 0 aromatic carbocycles. The van der Waals surface area contributed by atoms with E-state index in [1.54, 1.807) is 0 Å². The minimum absolute atomic E-state index is 0. The van der Waals surface area contributed by atoms with Crippen LogP contribution in [-0.4, -0.2) is 47.3 Å². The van der Waals surface area contributed by atoms with Crippen LogP contribution in [0.5, 0.6) is 0 Å². The minimum atomic E-state index is 0. The largest absolute Gasteiger partial charge is 0.870 e. The van der Waals surface area contributed by atoms with Crippen molar-refractivity contribution in [2.75, 3.05) is 26.2 Å². The highest BCUT2D eigenvalue weighted by molar-refractivity contribution is 4.67. The lowest BCUT2D eigenvalue weighted by Gasteiger charge is -2.37. The summed E-state index contributed by atoms with van der Waals surface area (Å²) in [7, 11) is 0. The van der Waals surface area contributed by atoms with Gasteiger partial charge in [0.2, 0.25) is 0 Å². The molecule has 1 spiro atoms. The van der Waals surface area contributed by atoms with Crippen LogP contribution >= 0.6 is 0 Å². The zero-order chi connectivity index (χ0) is 7.73. The SMILES string of the molecule is OC1CC[N+]2(CCCCC2)C1.[OH-]. The molecule has 0 bridgehead atoms. The molecule has 2 aliphatic rings. The van der Waals surface area contributed by atoms with Crippen LogP contribution < -0.4 is 0 Å². The molecule has 2 N–H and O–H groups in total. The predicted octanol–water partition coefficient (Wildman–Crippen LogP) is 0.575. The molecule has 0 aromatic rings. The summed E-state index contributed by atoms with van der Waals surface area (Å²) in [5, 5.41) is 9.43. The summed E-state index contributed by atoms with van der Waals surface area (Å²) in [4.78, 5) is 0. The Kier molecular flexibility index (Phi) is 3.09. The first kappa shape index (κ1) is 9.96. The van der Waals surface area contributed by atoms with E-state index in [9.17, 15) is 5.11 Å². The summed E-state index contributed by atoms with van der Waals surface area (Å²) in [6, 6.07) is 0. The normalized spacial score (nSPS) is 33.2. The first-order chi connectivity index (χ1) is 5.31. The second kappa shape index (κ2) is 3.73. The van der Waals surface area contributed by atoms with E-state index in [1.165, 1.54) is 43.4 Å². The molecule has 72 valence electrons. The van der Waals surface area contributed by atoms with Crippen LogP contribution in [0.2, 0.25) is 0 Å². The molecule has 2 heterocycles. The second-order valence-corrected chi connectivity index (χ2v) is 4.20. The van der Waals surface area contributed by atoms with Crippen LogP contribution in [0.25, 0.3) is 0 Å². The summed E-state index contributed by atoms with van der Waals surface area (Å²) >= 11 is 0. The van der Waals surface area contributed by atoms with Gasteiger partial charge in [0, 0.05) is 6.42 Å². The lowest BCUT2D eigenvalue weighted by molar-refractivity contribution is -0.922. The molecular formula is C9H19NO2. The Morgan fingerprint density at radius 1 is 1.00 bits per heavy atom. The van der Waals surface area contributed by atoms with Crippen LogP contribution in [0.15, 0.2) is 0 Å². The Labute approximate surface area is 73.9 Å². The monoisotopic (exact) mass is 173 g/mol. The van der Waals surface area contributed by atoms with E-state index in [1.807, 2.05) is 0 Å². The average molecular weight is 173 g/mol. The highest BCUT2D eigenvalue weighted by Gasteiger charge is 2.37. The third-order valence-corrected chi connectivity index (χ3v) is 3.30. The second-order valence-electron chi connectivity index (χ2n) is 4.20. The van der Waals surface area contributed by atoms with Crippen molar-refractivity contribution in [1.29, 1.82) is 0 Å². The van der Waals surface area contributed by atoms with E-state index in [0.29, 0.717) is 0 Å². The zero-order valence-electron chi connectivity index (χ0n) is 7.58. The summed E-state index contributed by atoms with van der Waals surface area (Å²) < 4.78 is 1.24. The number of aliphatic hydroxyl groups is 1. The first-order valence-corrected chi connectivity index (χ1v) is 4.84. The Hall–Kier alpha value is -0.120. The average Bonchev–Trinajstić information content (AvgIpc) is 2.34. The van der Waals surface area contributed by atoms with Gasteiger partial charge in [-0.3, -0.25) is 0 Å². The van der Waals surface area contributed by atoms with E-state index >= 15 is 0 Å². The Bertz CT molecular complexity index is 138. The molecule has 0 amide bonds. The highest BCUT2D eigenvalue weighted by atomic mass is 16.3. The van der Waals surface area contributed by atoms with Gasteiger partial charge in [0.05, 0.1) is 19.6 Å². The van der Waals surface area contributed by atoms with E-state index in [4.69, 9.17) is 0 Å². The molecule has 2 saturated heterocycles. The third-order valence-electron chi connectivity index (χ3n) is 3.30. The highest BCUT2D eigenvalue weighted by Crippen LogP contribution is 2.25. The van der Waals surface area contributed by atoms with Crippen molar-refractivity contribution in [3.63, 3.8) is 0 Å². The molecule has 0 saturated carbocycles. The molecule has 2 aliphatic heterocycles. The molecule has 0 radical (unpaired) electrons. The van der Waals surface area contributed by atoms with E-state index in [-0.39, 0.29) is 11.6 Å². The molecule has 2 fully saturated rings. The van der Waals surface area contributed by atoms with Crippen LogP contribution in [0.4, 0.5) is 0 Å². The van der Waals surface area contributed by atoms with E-state index in [2.05, 4.69) is 0 Å². The maximum absolute atomic E-state index is 9.43. The van der Waals surface area contributed by atoms with Gasteiger partial charge in [0.15, 0.2) is 0 Å². The predicted molar refractivity (Wildman–Crippen MR) is 46.1 cm³/mol. The molecule has 2 rings (SSSR count). The molecular weight excluding hydrogens is 154 g/mol. The van der Waals surface area contributed by atoms with E-state index < -0.39 is 0 Å². The lowest BCUT2D eigenvalue weighted by Crippen LogP contribution is -2.49. The Balaban J connectivity index is 0.000000720. The molecule has 1 atom stereocenters. The lowest BCUT2D eigenvalue weighted by atomic mass is 10.1. The van der Waals surface area contributed by atoms with Gasteiger partial charge in [-0.05, 0) is 19.3 Å². The van der Waals surface area contributed by atoms with Crippen LogP contribution in [0.3, 0.4) is 0 Å². The van der Waals surface area contributed by atoms with Crippen molar-refractivity contribution in [3.05, 3.63) is 0 Å². The van der Waals surface area contributed by atoms with Gasteiger partial charge in [-0.15, -0.1) is 0 Å². The van der Waals surface area contributed by atoms with Gasteiger partial charge in [0.1, 0.15) is 12.6 Å². The van der Waals surface area contributed by atoms with Crippen molar-refractivity contribution in [1.82, 2.24) is 0 Å². The quantitative estimate of drug-likeness (QED) is 0.545. The summed E-state index contributed by atoms with van der Waals surface area (Å²) in [6.07, 6.45) is 5.23. The molecule has 12 heavy (non-hydrogen) atoms. The van der Waals surface area contributed by atoms with Crippen molar-refractivity contribution >= 4 is 0 Å². The third kappa shape index (κ3) is 1.79. The van der Waals surface area contributed by atoms with Crippen LogP contribution in [0, 0.1) is 0 Å². The zero-order valence-corrected chi connectivity index (χ0v) is 7.58. The molecule has 3 nitrogen and oxygen atoms in total. The van der Waals surface area contributed by atoms with Gasteiger partial charge in [-0.2, -0.15) is 0 Å². The van der Waals surface area contributed by atoms with Crippen LogP contribution in [-0.2, 0) is 0 Å². The summed E-state index contributed by atoms with van der Waals surface area (Å²) in [5.74, 6) is 0. The van der Waals surface area contributed by atoms with Gasteiger partial charge in [-0.25, -0.2) is 0 Å². The number of piperidine rings is 1. The van der Waals surface area contributed by atoms with Crippen molar-refractivity contribution < 1.29 is 15.1 Å². The standard InChI is InChI=1S/C9H18NO.H2O/c11-9-4-7-10(8-9)5-2-1-3-6-10;/h9,11H,1-8H2;1H2/q+1;/p-1. The molecule has 0 aromatic heterocycles. The fraction of sp³-hybridized carbons (Fsp3) is 1.00. The Morgan fingerprint density at radius 2 is 1.67 bits per heavy atom. The summed E-state index contributed by atoms with van der Waals surface area (Å²) in [5.41, 5.74) is 0. The number of quaternary nitrogens is 1. The number of aliphatic hydroxyl groups excluding tert-OH is 1. The van der Waals surface area contributed by atoms with E-state index in [0.717, 1.165) is 13.0 Å². The van der Waals surface area contributed by atoms with Crippen molar-refractivity contribution in [3.8, 4) is 0 Å². The van der Waals surface area contributed by atoms with Crippen molar-refractivity contribution in [2.45, 2.75) is 31.8 Å². The van der Waals surface area contributed by atoms with Gasteiger partial charge in [0.25, 0.3) is 0 Å². The van der Waals surface area contributed by atoms with Gasteiger partial charge >= 0.3 is 0 Å². The van der Waals surface area contributed by atoms with Crippen molar-refractivity contribution in [2.24, 2.45) is 0 Å². The first-order valence-electron chi connectivity index (χ1n) is 4.84. The van der Waals surface area contributed by atoms with Crippen LogP contribution in [0.1, 0.15) is 25.7 Å². The molecule has 1 unspecified atom stereocenters. The fourth-order valence-electron chi connectivity index (χ4n) is 2.64. The maximum Gasteiger partial charge on any atom is 0.108 e. The molecule has 0 aliphatic carbocycles. The number of nitrogens with zero attached hydrogens (tertiary/aromatic N) is 1. The van der Waals surface area contributed by atoms with Gasteiger partial charge in [-0.1, -0.05) is 0 Å². The number of rotatable bonds is 0. The summed E-state index contributed by atoms with van der Waals surface area (Å²) in [6.45, 7) is 4.94. The number of hydrogen-bond acceptors (Lipinski definition) is 2. The maximum atomic E-state index is 9.43. The smallest absolute Gasteiger partial charge is 0.108 e.